The number of hydrogen-bond acceptors (Lipinski definition) is 2. The third-order valence-corrected chi connectivity index (χ3v) is 2.72. The molecule has 90 valence electrons. The third-order valence-electron chi connectivity index (χ3n) is 2.37. The first-order valence-electron chi connectivity index (χ1n) is 5.51. The number of nitrogens with one attached hydrogen (secondary N) is 2. The second-order valence-corrected chi connectivity index (χ2v) is 4.13. The standard InChI is InChI=1S/C12H18ClFN2/c1-3-15-4-5-16-8-10-7-12(14)9(2)6-11(10)13/h6-7,15-16H,3-5,8H2,1-2H3. The summed E-state index contributed by atoms with van der Waals surface area (Å²) in [6, 6.07) is 3.16. The zero-order chi connectivity index (χ0) is 12.0. The van der Waals surface area contributed by atoms with E-state index in [1.165, 1.54) is 6.07 Å². The monoisotopic (exact) mass is 244 g/mol. The van der Waals surface area contributed by atoms with E-state index < -0.39 is 0 Å². The van der Waals surface area contributed by atoms with Gasteiger partial charge in [0.15, 0.2) is 0 Å². The number of likely N-dealkylation sites (N-methyl/N-ethyl adjacent to an activating group) is 1. The maximum absolute atomic E-state index is 13.3. The molecular weight excluding hydrogens is 227 g/mol. The summed E-state index contributed by atoms with van der Waals surface area (Å²) in [5, 5.41) is 7.03. The predicted molar refractivity (Wildman–Crippen MR) is 66.4 cm³/mol. The molecule has 0 aromatic heterocycles. The van der Waals surface area contributed by atoms with E-state index in [-0.39, 0.29) is 5.82 Å². The summed E-state index contributed by atoms with van der Waals surface area (Å²) in [4.78, 5) is 0. The van der Waals surface area contributed by atoms with E-state index in [0.717, 1.165) is 25.2 Å². The number of benzene rings is 1. The largest absolute Gasteiger partial charge is 0.316 e. The van der Waals surface area contributed by atoms with Crippen LogP contribution in [0.15, 0.2) is 12.1 Å². The van der Waals surface area contributed by atoms with Gasteiger partial charge in [0.1, 0.15) is 5.82 Å². The first-order valence-corrected chi connectivity index (χ1v) is 5.89. The lowest BCUT2D eigenvalue weighted by atomic mass is 10.1. The topological polar surface area (TPSA) is 24.1 Å². The lowest BCUT2D eigenvalue weighted by molar-refractivity contribution is 0.604. The lowest BCUT2D eigenvalue weighted by Crippen LogP contribution is -2.26. The van der Waals surface area contributed by atoms with Gasteiger partial charge in [-0.3, -0.25) is 0 Å². The molecule has 0 unspecified atom stereocenters. The molecule has 2 N–H and O–H groups in total. The van der Waals surface area contributed by atoms with Gasteiger partial charge in [-0.1, -0.05) is 18.5 Å². The van der Waals surface area contributed by atoms with Gasteiger partial charge in [-0.15, -0.1) is 0 Å². The van der Waals surface area contributed by atoms with Crippen molar-refractivity contribution in [1.82, 2.24) is 10.6 Å². The smallest absolute Gasteiger partial charge is 0.126 e. The van der Waals surface area contributed by atoms with Crippen molar-refractivity contribution < 1.29 is 4.39 Å². The van der Waals surface area contributed by atoms with Crippen LogP contribution in [-0.4, -0.2) is 19.6 Å². The van der Waals surface area contributed by atoms with E-state index in [4.69, 9.17) is 11.6 Å². The highest BCUT2D eigenvalue weighted by Crippen LogP contribution is 2.20. The van der Waals surface area contributed by atoms with Gasteiger partial charge in [-0.2, -0.15) is 0 Å². The Bertz CT molecular complexity index is 342. The van der Waals surface area contributed by atoms with Crippen molar-refractivity contribution in [3.05, 3.63) is 34.1 Å². The number of hydrogen-bond donors (Lipinski definition) is 2. The van der Waals surface area contributed by atoms with Gasteiger partial charge in [0.25, 0.3) is 0 Å². The molecule has 0 radical (unpaired) electrons. The van der Waals surface area contributed by atoms with E-state index in [1.807, 2.05) is 0 Å². The van der Waals surface area contributed by atoms with Crippen LogP contribution in [0.1, 0.15) is 18.1 Å². The first-order chi connectivity index (χ1) is 7.65. The van der Waals surface area contributed by atoms with Crippen LogP contribution in [0, 0.1) is 12.7 Å². The van der Waals surface area contributed by atoms with E-state index in [1.54, 1.807) is 13.0 Å². The number of halogens is 2. The molecule has 4 heteroatoms. The lowest BCUT2D eigenvalue weighted by Gasteiger charge is -2.08. The second kappa shape index (κ2) is 6.84. The Labute approximate surface area is 101 Å². The fourth-order valence-corrected chi connectivity index (χ4v) is 1.68. The van der Waals surface area contributed by atoms with Gasteiger partial charge in [-0.25, -0.2) is 4.39 Å². The molecule has 0 spiro atoms. The van der Waals surface area contributed by atoms with Crippen molar-refractivity contribution in [2.24, 2.45) is 0 Å². The average molecular weight is 245 g/mol. The minimum Gasteiger partial charge on any atom is -0.316 e. The zero-order valence-corrected chi connectivity index (χ0v) is 10.5. The Morgan fingerprint density at radius 3 is 2.62 bits per heavy atom. The Kier molecular flexibility index (Phi) is 5.74. The second-order valence-electron chi connectivity index (χ2n) is 3.72. The molecule has 1 aromatic rings. The van der Waals surface area contributed by atoms with Crippen molar-refractivity contribution in [2.75, 3.05) is 19.6 Å². The molecule has 0 saturated carbocycles. The summed E-state index contributed by atoms with van der Waals surface area (Å²) in [7, 11) is 0. The van der Waals surface area contributed by atoms with Gasteiger partial charge in [0, 0.05) is 24.7 Å². The molecule has 0 saturated heterocycles. The van der Waals surface area contributed by atoms with Crippen LogP contribution >= 0.6 is 11.6 Å². The summed E-state index contributed by atoms with van der Waals surface area (Å²) in [6.07, 6.45) is 0. The van der Waals surface area contributed by atoms with Crippen LogP contribution < -0.4 is 10.6 Å². The fourth-order valence-electron chi connectivity index (χ4n) is 1.40. The van der Waals surface area contributed by atoms with Crippen LogP contribution in [-0.2, 0) is 6.54 Å². The molecule has 1 aromatic carbocycles. The zero-order valence-electron chi connectivity index (χ0n) is 9.74. The van der Waals surface area contributed by atoms with Crippen LogP contribution in [0.25, 0.3) is 0 Å². The SMILES string of the molecule is CCNCCNCc1cc(F)c(C)cc1Cl. The van der Waals surface area contributed by atoms with E-state index in [0.29, 0.717) is 17.1 Å². The van der Waals surface area contributed by atoms with Gasteiger partial charge in [0.2, 0.25) is 0 Å². The van der Waals surface area contributed by atoms with E-state index in [9.17, 15) is 4.39 Å². The molecular formula is C12H18ClFN2. The molecule has 2 nitrogen and oxygen atoms in total. The average Bonchev–Trinajstić information content (AvgIpc) is 2.25. The number of aryl methyl sites for hydroxylation is 1. The molecule has 0 heterocycles. The molecule has 0 atom stereocenters. The molecule has 16 heavy (non-hydrogen) atoms. The third kappa shape index (κ3) is 4.08. The van der Waals surface area contributed by atoms with Crippen molar-refractivity contribution in [3.8, 4) is 0 Å². The molecule has 0 amide bonds. The maximum atomic E-state index is 13.3. The van der Waals surface area contributed by atoms with Crippen molar-refractivity contribution in [2.45, 2.75) is 20.4 Å². The van der Waals surface area contributed by atoms with Crippen molar-refractivity contribution >= 4 is 11.6 Å². The first kappa shape index (κ1) is 13.4. The van der Waals surface area contributed by atoms with E-state index >= 15 is 0 Å². The van der Waals surface area contributed by atoms with E-state index in [2.05, 4.69) is 17.6 Å². The predicted octanol–water partition coefficient (Wildman–Crippen LogP) is 2.49. The van der Waals surface area contributed by atoms with Crippen molar-refractivity contribution in [3.63, 3.8) is 0 Å². The van der Waals surface area contributed by atoms with Crippen molar-refractivity contribution in [1.29, 1.82) is 0 Å². The molecule has 0 bridgehead atoms. The molecule has 0 aliphatic heterocycles. The summed E-state index contributed by atoms with van der Waals surface area (Å²) < 4.78 is 13.3. The fraction of sp³-hybridized carbons (Fsp3) is 0.500. The van der Waals surface area contributed by atoms with Gasteiger partial charge in [-0.05, 0) is 36.7 Å². The molecule has 0 aliphatic carbocycles. The summed E-state index contributed by atoms with van der Waals surface area (Å²) in [5.41, 5.74) is 1.39. The molecule has 1 rings (SSSR count). The molecule has 0 fully saturated rings. The van der Waals surface area contributed by atoms with Crippen LogP contribution in [0.3, 0.4) is 0 Å². The highest BCUT2D eigenvalue weighted by Gasteiger charge is 2.04. The Balaban J connectivity index is 2.45. The van der Waals surface area contributed by atoms with Crippen LogP contribution in [0.2, 0.25) is 5.02 Å². The van der Waals surface area contributed by atoms with Gasteiger partial charge < -0.3 is 10.6 Å². The highest BCUT2D eigenvalue weighted by atomic mass is 35.5. The summed E-state index contributed by atoms with van der Waals surface area (Å²) in [5.74, 6) is -0.201. The summed E-state index contributed by atoms with van der Waals surface area (Å²) in [6.45, 7) is 7.08. The quantitative estimate of drug-likeness (QED) is 0.752. The Hall–Kier alpha value is -0.640. The van der Waals surface area contributed by atoms with Gasteiger partial charge >= 0.3 is 0 Å². The van der Waals surface area contributed by atoms with Gasteiger partial charge in [0.05, 0.1) is 0 Å². The minimum absolute atomic E-state index is 0.201. The van der Waals surface area contributed by atoms with Crippen LogP contribution in [0.4, 0.5) is 4.39 Å². The Morgan fingerprint density at radius 2 is 1.94 bits per heavy atom. The Morgan fingerprint density at radius 1 is 1.25 bits per heavy atom. The molecule has 0 aliphatic rings. The summed E-state index contributed by atoms with van der Waals surface area (Å²) >= 11 is 6.02. The number of rotatable bonds is 6. The normalized spacial score (nSPS) is 10.8. The maximum Gasteiger partial charge on any atom is 0.126 e. The van der Waals surface area contributed by atoms with Crippen LogP contribution in [0.5, 0.6) is 0 Å². The highest BCUT2D eigenvalue weighted by molar-refractivity contribution is 6.31. The minimum atomic E-state index is -0.201.